The van der Waals surface area contributed by atoms with Crippen LogP contribution in [0.5, 0.6) is 11.5 Å². The van der Waals surface area contributed by atoms with E-state index in [-0.39, 0.29) is 18.3 Å². The first kappa shape index (κ1) is 17.9. The Morgan fingerprint density at radius 2 is 2.09 bits per heavy atom. The molecule has 2 aliphatic rings. The maximum atomic E-state index is 11.8. The molecule has 0 aliphatic carbocycles. The van der Waals surface area contributed by atoms with Crippen molar-refractivity contribution in [1.29, 1.82) is 0 Å². The Morgan fingerprint density at radius 3 is 2.87 bits per heavy atom. The molecule has 1 unspecified atom stereocenters. The fourth-order valence-electron chi connectivity index (χ4n) is 2.99. The van der Waals surface area contributed by atoms with Gasteiger partial charge in [-0.15, -0.1) is 12.4 Å². The predicted molar refractivity (Wildman–Crippen MR) is 91.7 cm³/mol. The average molecular weight is 341 g/mol. The van der Waals surface area contributed by atoms with Crippen LogP contribution in [-0.2, 0) is 11.2 Å². The summed E-state index contributed by atoms with van der Waals surface area (Å²) in [4.78, 5) is 11.8. The molecule has 2 heterocycles. The highest BCUT2D eigenvalue weighted by atomic mass is 35.5. The Morgan fingerprint density at radius 1 is 1.26 bits per heavy atom. The van der Waals surface area contributed by atoms with E-state index in [1.54, 1.807) is 0 Å². The van der Waals surface area contributed by atoms with Crippen LogP contribution in [0.25, 0.3) is 0 Å². The lowest BCUT2D eigenvalue weighted by atomic mass is 10.1. The molecule has 3 rings (SSSR count). The fourth-order valence-corrected chi connectivity index (χ4v) is 2.99. The van der Waals surface area contributed by atoms with Crippen LogP contribution in [0.2, 0.25) is 0 Å². The molecule has 6 heteroatoms. The van der Waals surface area contributed by atoms with E-state index in [1.807, 2.05) is 18.2 Å². The number of hydrogen-bond acceptors (Lipinski definition) is 4. The van der Waals surface area contributed by atoms with E-state index in [1.165, 1.54) is 12.8 Å². The van der Waals surface area contributed by atoms with E-state index in [2.05, 4.69) is 10.6 Å². The van der Waals surface area contributed by atoms with Gasteiger partial charge in [-0.3, -0.25) is 4.79 Å². The van der Waals surface area contributed by atoms with Gasteiger partial charge in [-0.05, 0) is 49.9 Å². The monoisotopic (exact) mass is 340 g/mol. The molecule has 2 aliphatic heterocycles. The molecule has 1 fully saturated rings. The summed E-state index contributed by atoms with van der Waals surface area (Å²) in [6, 6.07) is 6.51. The summed E-state index contributed by atoms with van der Waals surface area (Å²) in [6.45, 7) is 2.97. The van der Waals surface area contributed by atoms with Crippen molar-refractivity contribution >= 4 is 18.3 Å². The number of carbonyl (C=O) groups is 1. The van der Waals surface area contributed by atoms with Crippen molar-refractivity contribution in [2.24, 2.45) is 0 Å². The summed E-state index contributed by atoms with van der Waals surface area (Å²) >= 11 is 0. The van der Waals surface area contributed by atoms with E-state index >= 15 is 0 Å². The van der Waals surface area contributed by atoms with Crippen LogP contribution in [-0.4, -0.2) is 38.3 Å². The van der Waals surface area contributed by atoms with Gasteiger partial charge in [0.25, 0.3) is 0 Å². The van der Waals surface area contributed by atoms with E-state index in [4.69, 9.17) is 9.47 Å². The number of carbonyl (C=O) groups excluding carboxylic acids is 1. The van der Waals surface area contributed by atoms with Gasteiger partial charge in [0.1, 0.15) is 13.2 Å². The number of halogens is 1. The summed E-state index contributed by atoms with van der Waals surface area (Å²) in [5.74, 6) is 1.76. The molecule has 0 radical (unpaired) electrons. The van der Waals surface area contributed by atoms with E-state index in [0.29, 0.717) is 32.2 Å². The number of hydrogen-bond donors (Lipinski definition) is 2. The smallest absolute Gasteiger partial charge is 0.220 e. The number of fused-ring (bicyclic) bond motifs is 1. The molecule has 1 amide bonds. The summed E-state index contributed by atoms with van der Waals surface area (Å²) in [6.07, 6.45) is 4.79. The van der Waals surface area contributed by atoms with Crippen molar-refractivity contribution in [2.75, 3.05) is 26.3 Å². The molecule has 23 heavy (non-hydrogen) atoms. The van der Waals surface area contributed by atoms with Gasteiger partial charge in [0.2, 0.25) is 5.91 Å². The predicted octanol–water partition coefficient (Wildman–Crippen LogP) is 2.07. The summed E-state index contributed by atoms with van der Waals surface area (Å²) in [7, 11) is 0. The summed E-state index contributed by atoms with van der Waals surface area (Å²) in [5.41, 5.74) is 1.15. The van der Waals surface area contributed by atoms with Crippen LogP contribution in [0.15, 0.2) is 18.2 Å². The number of benzene rings is 1. The highest BCUT2D eigenvalue weighted by Crippen LogP contribution is 2.30. The molecule has 1 aromatic carbocycles. The molecule has 1 saturated heterocycles. The molecule has 0 bridgehead atoms. The first-order valence-electron chi connectivity index (χ1n) is 8.20. The standard InChI is InChI=1S/C17H24N2O3.ClH/c20-17(6-4-14-2-1-8-18-14)19-9-7-13-3-5-15-16(12-13)22-11-10-21-15;/h3,5,12,14,18H,1-2,4,6-11H2,(H,19,20);1H. The van der Waals surface area contributed by atoms with Gasteiger partial charge < -0.3 is 20.1 Å². The van der Waals surface area contributed by atoms with Gasteiger partial charge in [-0.1, -0.05) is 6.07 Å². The lowest BCUT2D eigenvalue weighted by Gasteiger charge is -2.18. The van der Waals surface area contributed by atoms with Gasteiger partial charge in [0.15, 0.2) is 11.5 Å². The first-order valence-corrected chi connectivity index (χ1v) is 8.20. The second-order valence-corrected chi connectivity index (χ2v) is 5.91. The third kappa shape index (κ3) is 5.29. The SMILES string of the molecule is Cl.O=C(CCC1CCCN1)NCCc1ccc2c(c1)OCCO2. The summed E-state index contributed by atoms with van der Waals surface area (Å²) < 4.78 is 11.1. The second-order valence-electron chi connectivity index (χ2n) is 5.91. The normalized spacial score (nSPS) is 19.0. The van der Waals surface area contributed by atoms with Crippen molar-refractivity contribution in [3.63, 3.8) is 0 Å². The van der Waals surface area contributed by atoms with Gasteiger partial charge in [-0.25, -0.2) is 0 Å². The van der Waals surface area contributed by atoms with Crippen LogP contribution in [0.1, 0.15) is 31.2 Å². The van der Waals surface area contributed by atoms with E-state index in [9.17, 15) is 4.79 Å². The maximum Gasteiger partial charge on any atom is 0.220 e. The van der Waals surface area contributed by atoms with Crippen molar-refractivity contribution in [1.82, 2.24) is 10.6 Å². The number of amides is 1. The Bertz CT molecular complexity index is 519. The Kier molecular flexibility index (Phi) is 6.99. The molecular formula is C17H25ClN2O3. The zero-order valence-corrected chi connectivity index (χ0v) is 14.1. The minimum absolute atomic E-state index is 0. The molecule has 0 aromatic heterocycles. The largest absolute Gasteiger partial charge is 0.486 e. The molecule has 5 nitrogen and oxygen atoms in total. The molecule has 0 spiro atoms. The maximum absolute atomic E-state index is 11.8. The molecule has 2 N–H and O–H groups in total. The van der Waals surface area contributed by atoms with Gasteiger partial charge >= 0.3 is 0 Å². The lowest BCUT2D eigenvalue weighted by Crippen LogP contribution is -2.28. The van der Waals surface area contributed by atoms with Gasteiger partial charge in [0, 0.05) is 19.0 Å². The molecule has 1 aromatic rings. The number of nitrogens with one attached hydrogen (secondary N) is 2. The summed E-state index contributed by atoms with van der Waals surface area (Å²) in [5, 5.41) is 6.41. The minimum atomic E-state index is 0. The molecule has 128 valence electrons. The highest BCUT2D eigenvalue weighted by molar-refractivity contribution is 5.85. The quantitative estimate of drug-likeness (QED) is 0.832. The zero-order valence-electron chi connectivity index (χ0n) is 13.3. The van der Waals surface area contributed by atoms with Crippen molar-refractivity contribution < 1.29 is 14.3 Å². The van der Waals surface area contributed by atoms with Crippen molar-refractivity contribution in [3.8, 4) is 11.5 Å². The first-order chi connectivity index (χ1) is 10.8. The Balaban J connectivity index is 0.00000192. The van der Waals surface area contributed by atoms with Crippen LogP contribution in [0.3, 0.4) is 0 Å². The van der Waals surface area contributed by atoms with Crippen molar-refractivity contribution in [2.45, 2.75) is 38.1 Å². The molecular weight excluding hydrogens is 316 g/mol. The Hall–Kier alpha value is -1.46. The van der Waals surface area contributed by atoms with Crippen LogP contribution in [0, 0.1) is 0 Å². The fraction of sp³-hybridized carbons (Fsp3) is 0.588. The van der Waals surface area contributed by atoms with E-state index < -0.39 is 0 Å². The molecule has 1 atom stereocenters. The minimum Gasteiger partial charge on any atom is -0.486 e. The average Bonchev–Trinajstić information content (AvgIpc) is 3.06. The van der Waals surface area contributed by atoms with Crippen LogP contribution in [0.4, 0.5) is 0 Å². The highest BCUT2D eigenvalue weighted by Gasteiger charge is 2.15. The zero-order chi connectivity index (χ0) is 15.2. The Labute approximate surface area is 143 Å². The lowest BCUT2D eigenvalue weighted by molar-refractivity contribution is -0.121. The van der Waals surface area contributed by atoms with Crippen LogP contribution >= 0.6 is 12.4 Å². The second kappa shape index (κ2) is 8.99. The number of ether oxygens (including phenoxy) is 2. The van der Waals surface area contributed by atoms with Gasteiger partial charge in [0.05, 0.1) is 0 Å². The molecule has 0 saturated carbocycles. The van der Waals surface area contributed by atoms with Crippen molar-refractivity contribution in [3.05, 3.63) is 23.8 Å². The number of rotatable bonds is 6. The van der Waals surface area contributed by atoms with Crippen LogP contribution < -0.4 is 20.1 Å². The third-order valence-corrected chi connectivity index (χ3v) is 4.22. The van der Waals surface area contributed by atoms with E-state index in [0.717, 1.165) is 36.4 Å². The topological polar surface area (TPSA) is 59.6 Å². The van der Waals surface area contributed by atoms with Gasteiger partial charge in [-0.2, -0.15) is 0 Å². The third-order valence-electron chi connectivity index (χ3n) is 4.22.